The van der Waals surface area contributed by atoms with Gasteiger partial charge in [0.05, 0.1) is 6.54 Å². The van der Waals surface area contributed by atoms with E-state index in [9.17, 15) is 4.79 Å². The van der Waals surface area contributed by atoms with Gasteiger partial charge in [-0.1, -0.05) is 17.9 Å². The quantitative estimate of drug-likeness (QED) is 0.807. The van der Waals surface area contributed by atoms with Gasteiger partial charge in [0.25, 0.3) is 0 Å². The Hall–Kier alpha value is -2.65. The molecule has 1 amide bonds. The highest BCUT2D eigenvalue weighted by atomic mass is 16.2. The summed E-state index contributed by atoms with van der Waals surface area (Å²) in [5.74, 6) is 5.53. The van der Waals surface area contributed by atoms with Crippen molar-refractivity contribution in [1.82, 2.24) is 14.8 Å². The number of carbonyl (C=O) groups excluding carboxylic acids is 1. The van der Waals surface area contributed by atoms with Crippen molar-refractivity contribution in [2.24, 2.45) is 5.73 Å². The van der Waals surface area contributed by atoms with E-state index in [-0.39, 0.29) is 5.91 Å². The van der Waals surface area contributed by atoms with E-state index in [2.05, 4.69) is 27.2 Å². The first-order chi connectivity index (χ1) is 9.70. The molecule has 1 heterocycles. The standard InChI is InChI=1S/C14H15N5O/c1-11(19-10-16-9-17-19)14(20)18-13-6-2-4-12(8-13)5-3-7-15/h2,4,6,8-11H,7,15H2,1H3,(H,18,20). The van der Waals surface area contributed by atoms with E-state index in [0.29, 0.717) is 12.2 Å². The molecule has 0 bridgehead atoms. The zero-order valence-electron chi connectivity index (χ0n) is 11.1. The summed E-state index contributed by atoms with van der Waals surface area (Å²) in [5.41, 5.74) is 6.82. The number of nitrogens with one attached hydrogen (secondary N) is 1. The van der Waals surface area contributed by atoms with Gasteiger partial charge in [0.2, 0.25) is 5.91 Å². The predicted octanol–water partition coefficient (Wildman–Crippen LogP) is 0.788. The lowest BCUT2D eigenvalue weighted by molar-refractivity contribution is -0.119. The van der Waals surface area contributed by atoms with Gasteiger partial charge in [-0.3, -0.25) is 4.79 Å². The third-order valence-electron chi connectivity index (χ3n) is 2.68. The molecule has 102 valence electrons. The largest absolute Gasteiger partial charge is 0.324 e. The predicted molar refractivity (Wildman–Crippen MR) is 75.7 cm³/mol. The van der Waals surface area contributed by atoms with Crippen LogP contribution in [0.15, 0.2) is 36.9 Å². The highest BCUT2D eigenvalue weighted by Gasteiger charge is 2.15. The second-order valence-electron chi connectivity index (χ2n) is 4.13. The van der Waals surface area contributed by atoms with Crippen molar-refractivity contribution in [2.45, 2.75) is 13.0 Å². The summed E-state index contributed by atoms with van der Waals surface area (Å²) < 4.78 is 1.49. The fraction of sp³-hybridized carbons (Fsp3) is 0.214. The smallest absolute Gasteiger partial charge is 0.249 e. The maximum Gasteiger partial charge on any atom is 0.249 e. The minimum atomic E-state index is -0.434. The highest BCUT2D eigenvalue weighted by Crippen LogP contribution is 2.12. The Morgan fingerprint density at radius 3 is 3.10 bits per heavy atom. The Morgan fingerprint density at radius 1 is 1.55 bits per heavy atom. The van der Waals surface area contributed by atoms with Gasteiger partial charge in [-0.15, -0.1) is 0 Å². The molecule has 1 aromatic carbocycles. The molecule has 6 nitrogen and oxygen atoms in total. The molecule has 20 heavy (non-hydrogen) atoms. The van der Waals surface area contributed by atoms with Gasteiger partial charge >= 0.3 is 0 Å². The lowest BCUT2D eigenvalue weighted by Crippen LogP contribution is -2.24. The average molecular weight is 269 g/mol. The summed E-state index contributed by atoms with van der Waals surface area (Å²) in [6.45, 7) is 2.06. The van der Waals surface area contributed by atoms with Gasteiger partial charge in [-0.05, 0) is 25.1 Å². The Bertz CT molecular complexity index is 639. The molecule has 1 aromatic heterocycles. The third-order valence-corrected chi connectivity index (χ3v) is 2.68. The van der Waals surface area contributed by atoms with Gasteiger partial charge in [0.15, 0.2) is 0 Å². The van der Waals surface area contributed by atoms with Gasteiger partial charge in [0, 0.05) is 11.3 Å². The number of nitrogens with zero attached hydrogens (tertiary/aromatic N) is 3. The average Bonchev–Trinajstić information content (AvgIpc) is 2.98. The molecule has 0 aliphatic carbocycles. The minimum Gasteiger partial charge on any atom is -0.324 e. The maximum absolute atomic E-state index is 12.1. The van der Waals surface area contributed by atoms with Crippen LogP contribution in [0.25, 0.3) is 0 Å². The molecule has 0 fully saturated rings. The molecule has 1 atom stereocenters. The molecule has 0 aliphatic rings. The van der Waals surface area contributed by atoms with Gasteiger partial charge in [0.1, 0.15) is 18.7 Å². The van der Waals surface area contributed by atoms with Gasteiger partial charge in [-0.2, -0.15) is 5.10 Å². The van der Waals surface area contributed by atoms with E-state index < -0.39 is 6.04 Å². The number of rotatable bonds is 3. The first kappa shape index (κ1) is 13.8. The van der Waals surface area contributed by atoms with Crippen molar-refractivity contribution in [2.75, 3.05) is 11.9 Å². The number of nitrogens with two attached hydrogens (primary N) is 1. The summed E-state index contributed by atoms with van der Waals surface area (Å²) in [6, 6.07) is 6.86. The van der Waals surface area contributed by atoms with E-state index in [4.69, 9.17) is 5.73 Å². The Morgan fingerprint density at radius 2 is 2.40 bits per heavy atom. The molecule has 0 aliphatic heterocycles. The highest BCUT2D eigenvalue weighted by molar-refractivity contribution is 5.93. The fourth-order valence-corrected chi connectivity index (χ4v) is 1.61. The zero-order valence-corrected chi connectivity index (χ0v) is 11.1. The number of hydrogen-bond donors (Lipinski definition) is 2. The fourth-order valence-electron chi connectivity index (χ4n) is 1.61. The molecular weight excluding hydrogens is 254 g/mol. The number of hydrogen-bond acceptors (Lipinski definition) is 4. The van der Waals surface area contributed by atoms with E-state index in [1.807, 2.05) is 12.1 Å². The minimum absolute atomic E-state index is 0.167. The lowest BCUT2D eigenvalue weighted by Gasteiger charge is -2.12. The molecule has 6 heteroatoms. The van der Waals surface area contributed by atoms with Crippen molar-refractivity contribution in [1.29, 1.82) is 0 Å². The van der Waals surface area contributed by atoms with Crippen LogP contribution in [-0.4, -0.2) is 27.2 Å². The normalized spacial score (nSPS) is 11.3. The molecule has 2 aromatic rings. The van der Waals surface area contributed by atoms with Crippen LogP contribution >= 0.6 is 0 Å². The van der Waals surface area contributed by atoms with E-state index in [1.165, 1.54) is 17.3 Å². The van der Waals surface area contributed by atoms with Gasteiger partial charge < -0.3 is 11.1 Å². The van der Waals surface area contributed by atoms with Crippen LogP contribution in [0.4, 0.5) is 5.69 Å². The molecule has 1 unspecified atom stereocenters. The van der Waals surface area contributed by atoms with Crippen molar-refractivity contribution in [3.05, 3.63) is 42.5 Å². The van der Waals surface area contributed by atoms with Crippen LogP contribution in [0.3, 0.4) is 0 Å². The number of anilines is 1. The van der Waals surface area contributed by atoms with Gasteiger partial charge in [-0.25, -0.2) is 9.67 Å². The molecule has 0 saturated heterocycles. The summed E-state index contributed by atoms with van der Waals surface area (Å²) in [7, 11) is 0. The molecular formula is C14H15N5O. The second kappa shape index (κ2) is 6.50. The summed E-state index contributed by atoms with van der Waals surface area (Å²) in [4.78, 5) is 15.9. The topological polar surface area (TPSA) is 85.8 Å². The summed E-state index contributed by atoms with van der Waals surface area (Å²) >= 11 is 0. The van der Waals surface area contributed by atoms with Crippen molar-refractivity contribution in [3.8, 4) is 11.8 Å². The number of aromatic nitrogens is 3. The number of benzene rings is 1. The van der Waals surface area contributed by atoms with E-state index in [0.717, 1.165) is 5.56 Å². The lowest BCUT2D eigenvalue weighted by atomic mass is 10.2. The molecule has 2 rings (SSSR count). The van der Waals surface area contributed by atoms with Crippen molar-refractivity contribution < 1.29 is 4.79 Å². The maximum atomic E-state index is 12.1. The van der Waals surface area contributed by atoms with E-state index in [1.54, 1.807) is 19.1 Å². The SMILES string of the molecule is CC(C(=O)Nc1cccc(C#CCN)c1)n1cncn1. The second-order valence-corrected chi connectivity index (χ2v) is 4.13. The van der Waals surface area contributed by atoms with Crippen molar-refractivity contribution in [3.63, 3.8) is 0 Å². The number of carbonyl (C=O) groups is 1. The van der Waals surface area contributed by atoms with Crippen LogP contribution in [0.2, 0.25) is 0 Å². The first-order valence-corrected chi connectivity index (χ1v) is 6.14. The van der Waals surface area contributed by atoms with Crippen LogP contribution < -0.4 is 11.1 Å². The monoisotopic (exact) mass is 269 g/mol. The van der Waals surface area contributed by atoms with E-state index >= 15 is 0 Å². The van der Waals surface area contributed by atoms with Crippen LogP contribution in [-0.2, 0) is 4.79 Å². The molecule has 0 spiro atoms. The summed E-state index contributed by atoms with van der Waals surface area (Å²) in [6.07, 6.45) is 2.90. The molecule has 0 saturated carbocycles. The van der Waals surface area contributed by atoms with Crippen molar-refractivity contribution >= 4 is 11.6 Å². The van der Waals surface area contributed by atoms with Crippen LogP contribution in [0.5, 0.6) is 0 Å². The summed E-state index contributed by atoms with van der Waals surface area (Å²) in [5, 5.41) is 6.77. The van der Waals surface area contributed by atoms with Crippen LogP contribution in [0.1, 0.15) is 18.5 Å². The first-order valence-electron chi connectivity index (χ1n) is 6.14. The number of amides is 1. The zero-order chi connectivity index (χ0) is 14.4. The molecule has 0 radical (unpaired) electrons. The Labute approximate surface area is 117 Å². The van der Waals surface area contributed by atoms with Crippen LogP contribution in [0, 0.1) is 11.8 Å². The molecule has 3 N–H and O–H groups in total. The Balaban J connectivity index is 2.08. The third kappa shape index (κ3) is 3.43. The Kier molecular flexibility index (Phi) is 4.47.